The van der Waals surface area contributed by atoms with E-state index in [0.717, 1.165) is 5.56 Å². The highest BCUT2D eigenvalue weighted by molar-refractivity contribution is 6.32. The van der Waals surface area contributed by atoms with Crippen molar-refractivity contribution in [1.29, 1.82) is 0 Å². The zero-order valence-corrected chi connectivity index (χ0v) is 11.0. The quantitative estimate of drug-likeness (QED) is 0.572. The Balaban J connectivity index is 2.52. The maximum atomic E-state index is 6.03. The summed E-state index contributed by atoms with van der Waals surface area (Å²) in [7, 11) is 0. The SMILES string of the molecule is CC(C)OCCOc1c(Cl)cccc1CCl. The Hall–Kier alpha value is -0.440. The van der Waals surface area contributed by atoms with E-state index >= 15 is 0 Å². The molecule has 0 fully saturated rings. The second-order valence-electron chi connectivity index (χ2n) is 3.63. The maximum absolute atomic E-state index is 6.03. The first-order valence-electron chi connectivity index (χ1n) is 5.23. The average molecular weight is 263 g/mol. The van der Waals surface area contributed by atoms with Crippen molar-refractivity contribution in [3.63, 3.8) is 0 Å². The van der Waals surface area contributed by atoms with E-state index < -0.39 is 0 Å². The summed E-state index contributed by atoms with van der Waals surface area (Å²) in [5.41, 5.74) is 0.902. The molecule has 0 saturated carbocycles. The van der Waals surface area contributed by atoms with Gasteiger partial charge in [0.1, 0.15) is 12.4 Å². The molecule has 0 unspecified atom stereocenters. The average Bonchev–Trinajstić information content (AvgIpc) is 2.25. The Morgan fingerprint density at radius 2 is 2.00 bits per heavy atom. The van der Waals surface area contributed by atoms with Crippen molar-refractivity contribution < 1.29 is 9.47 Å². The first kappa shape index (κ1) is 13.6. The van der Waals surface area contributed by atoms with Crippen molar-refractivity contribution in [2.24, 2.45) is 0 Å². The molecule has 0 spiro atoms. The van der Waals surface area contributed by atoms with Crippen LogP contribution in [0.2, 0.25) is 5.02 Å². The minimum absolute atomic E-state index is 0.211. The monoisotopic (exact) mass is 262 g/mol. The fourth-order valence-electron chi connectivity index (χ4n) is 1.25. The number of halogens is 2. The summed E-state index contributed by atoms with van der Waals surface area (Å²) < 4.78 is 10.9. The summed E-state index contributed by atoms with van der Waals surface area (Å²) in [6.07, 6.45) is 0.211. The second kappa shape index (κ2) is 7.00. The Morgan fingerprint density at radius 3 is 2.62 bits per heavy atom. The molecule has 0 N–H and O–H groups in total. The van der Waals surface area contributed by atoms with Crippen LogP contribution in [0.4, 0.5) is 0 Å². The van der Waals surface area contributed by atoms with Crippen molar-refractivity contribution in [3.05, 3.63) is 28.8 Å². The third-order valence-electron chi connectivity index (χ3n) is 1.97. The van der Waals surface area contributed by atoms with Gasteiger partial charge >= 0.3 is 0 Å². The van der Waals surface area contributed by atoms with Crippen LogP contribution in [0.3, 0.4) is 0 Å². The van der Waals surface area contributed by atoms with Crippen molar-refractivity contribution in [2.75, 3.05) is 13.2 Å². The largest absolute Gasteiger partial charge is 0.489 e. The lowest BCUT2D eigenvalue weighted by Crippen LogP contribution is -2.12. The summed E-state index contributed by atoms with van der Waals surface area (Å²) in [5.74, 6) is 1.05. The zero-order chi connectivity index (χ0) is 12.0. The second-order valence-corrected chi connectivity index (χ2v) is 4.30. The van der Waals surface area contributed by atoms with E-state index in [1.54, 1.807) is 6.07 Å². The molecule has 0 aliphatic rings. The molecule has 1 aromatic carbocycles. The van der Waals surface area contributed by atoms with Crippen LogP contribution in [0.1, 0.15) is 19.4 Å². The smallest absolute Gasteiger partial charge is 0.142 e. The van der Waals surface area contributed by atoms with Crippen molar-refractivity contribution in [3.8, 4) is 5.75 Å². The molecule has 0 aliphatic heterocycles. The lowest BCUT2D eigenvalue weighted by molar-refractivity contribution is 0.0551. The fraction of sp³-hybridized carbons (Fsp3) is 0.500. The van der Waals surface area contributed by atoms with Gasteiger partial charge < -0.3 is 9.47 Å². The first-order valence-corrected chi connectivity index (χ1v) is 6.14. The van der Waals surface area contributed by atoms with Crippen molar-refractivity contribution in [1.82, 2.24) is 0 Å². The number of benzene rings is 1. The molecule has 90 valence electrons. The molecule has 0 bridgehead atoms. The molecule has 0 atom stereocenters. The Bertz CT molecular complexity index is 327. The summed E-state index contributed by atoms with van der Waals surface area (Å²) >= 11 is 11.8. The molecule has 1 rings (SSSR count). The lowest BCUT2D eigenvalue weighted by Gasteiger charge is -2.12. The Labute approximate surface area is 106 Å². The van der Waals surface area contributed by atoms with Gasteiger partial charge in [0.25, 0.3) is 0 Å². The van der Waals surface area contributed by atoms with E-state index in [4.69, 9.17) is 32.7 Å². The predicted molar refractivity (Wildman–Crippen MR) is 67.6 cm³/mol. The van der Waals surface area contributed by atoms with E-state index in [9.17, 15) is 0 Å². The van der Waals surface area contributed by atoms with E-state index in [-0.39, 0.29) is 6.10 Å². The highest BCUT2D eigenvalue weighted by atomic mass is 35.5. The topological polar surface area (TPSA) is 18.5 Å². The van der Waals surface area contributed by atoms with Crippen LogP contribution >= 0.6 is 23.2 Å². The predicted octanol–water partition coefficient (Wildman–Crippen LogP) is 3.88. The van der Waals surface area contributed by atoms with Crippen LogP contribution < -0.4 is 4.74 Å². The third-order valence-corrected chi connectivity index (χ3v) is 2.56. The van der Waals surface area contributed by atoms with Crippen LogP contribution in [-0.2, 0) is 10.6 Å². The van der Waals surface area contributed by atoms with Gasteiger partial charge in [0.2, 0.25) is 0 Å². The molecule has 0 heterocycles. The summed E-state index contributed by atoms with van der Waals surface area (Å²) in [5, 5.41) is 0.586. The van der Waals surface area contributed by atoms with Gasteiger partial charge in [-0.2, -0.15) is 0 Å². The van der Waals surface area contributed by atoms with Gasteiger partial charge in [0.05, 0.1) is 23.6 Å². The van der Waals surface area contributed by atoms with Gasteiger partial charge in [-0.1, -0.05) is 23.7 Å². The Morgan fingerprint density at radius 1 is 1.25 bits per heavy atom. The molecule has 1 aromatic rings. The van der Waals surface area contributed by atoms with E-state index in [0.29, 0.717) is 29.9 Å². The molecule has 0 aromatic heterocycles. The van der Waals surface area contributed by atoms with Gasteiger partial charge in [0, 0.05) is 5.56 Å². The minimum atomic E-state index is 0.211. The van der Waals surface area contributed by atoms with Crippen LogP contribution in [0.25, 0.3) is 0 Å². The maximum Gasteiger partial charge on any atom is 0.142 e. The van der Waals surface area contributed by atoms with E-state index in [2.05, 4.69) is 0 Å². The van der Waals surface area contributed by atoms with Crippen molar-refractivity contribution in [2.45, 2.75) is 25.8 Å². The van der Waals surface area contributed by atoms with Crippen LogP contribution in [0, 0.1) is 0 Å². The molecule has 0 saturated heterocycles. The number of ether oxygens (including phenoxy) is 2. The lowest BCUT2D eigenvalue weighted by atomic mass is 10.2. The van der Waals surface area contributed by atoms with Gasteiger partial charge in [-0.15, -0.1) is 11.6 Å². The van der Waals surface area contributed by atoms with Gasteiger partial charge in [0.15, 0.2) is 0 Å². The highest BCUT2D eigenvalue weighted by Gasteiger charge is 2.07. The van der Waals surface area contributed by atoms with Gasteiger partial charge in [-0.05, 0) is 19.9 Å². The van der Waals surface area contributed by atoms with E-state index in [1.807, 2.05) is 26.0 Å². The molecule has 4 heteroatoms. The number of rotatable bonds is 6. The zero-order valence-electron chi connectivity index (χ0n) is 9.50. The summed E-state index contributed by atoms with van der Waals surface area (Å²) in [4.78, 5) is 0. The molecular formula is C12H16Cl2O2. The summed E-state index contributed by atoms with van der Waals surface area (Å²) in [6, 6.07) is 5.55. The number of alkyl halides is 1. The van der Waals surface area contributed by atoms with E-state index in [1.165, 1.54) is 0 Å². The first-order chi connectivity index (χ1) is 7.65. The van der Waals surface area contributed by atoms with Gasteiger partial charge in [-0.25, -0.2) is 0 Å². The number of hydrogen-bond acceptors (Lipinski definition) is 2. The fourth-order valence-corrected chi connectivity index (χ4v) is 1.71. The van der Waals surface area contributed by atoms with Gasteiger partial charge in [-0.3, -0.25) is 0 Å². The third kappa shape index (κ3) is 4.20. The Kier molecular flexibility index (Phi) is 5.96. The molecule has 16 heavy (non-hydrogen) atoms. The molecule has 0 aliphatic carbocycles. The molecular weight excluding hydrogens is 247 g/mol. The highest BCUT2D eigenvalue weighted by Crippen LogP contribution is 2.29. The van der Waals surface area contributed by atoms with Crippen LogP contribution in [0.15, 0.2) is 18.2 Å². The van der Waals surface area contributed by atoms with Crippen molar-refractivity contribution >= 4 is 23.2 Å². The standard InChI is InChI=1S/C12H16Cl2O2/c1-9(2)15-6-7-16-12-10(8-13)4-3-5-11(12)14/h3-5,9H,6-8H2,1-2H3. The number of para-hydroxylation sites is 1. The van der Waals surface area contributed by atoms with Crippen LogP contribution in [-0.4, -0.2) is 19.3 Å². The molecule has 2 nitrogen and oxygen atoms in total. The number of hydrogen-bond donors (Lipinski definition) is 0. The molecule has 0 amide bonds. The minimum Gasteiger partial charge on any atom is -0.489 e. The normalized spacial score (nSPS) is 10.8. The molecule has 0 radical (unpaired) electrons. The van der Waals surface area contributed by atoms with Crippen LogP contribution in [0.5, 0.6) is 5.75 Å². The summed E-state index contributed by atoms with van der Waals surface area (Å²) in [6.45, 7) is 5.00.